The second-order valence-corrected chi connectivity index (χ2v) is 12.3. The van der Waals surface area contributed by atoms with Gasteiger partial charge in [0.1, 0.15) is 12.1 Å². The SMILES string of the molecule is N#Cc1ccc2c(c1)c1ccccc1n2-c1cccc(-c2ccccc2-c2c(-n3c4ccccc4c4ccccc43)ccc(C#N)c2C#N)c1. The van der Waals surface area contributed by atoms with Crippen LogP contribution in [0, 0.1) is 34.0 Å². The number of nitrogens with zero attached hydrogens (tertiary/aromatic N) is 5. The molecule has 0 atom stereocenters. The molecule has 0 amide bonds. The molecule has 5 heteroatoms. The molecule has 9 rings (SSSR count). The van der Waals surface area contributed by atoms with Gasteiger partial charge in [0.15, 0.2) is 0 Å². The van der Waals surface area contributed by atoms with Gasteiger partial charge in [0.25, 0.3) is 0 Å². The third-order valence-electron chi connectivity index (χ3n) is 9.65. The van der Waals surface area contributed by atoms with Crippen molar-refractivity contribution in [3.05, 3.63) is 168 Å². The van der Waals surface area contributed by atoms with Gasteiger partial charge in [0.2, 0.25) is 0 Å². The summed E-state index contributed by atoms with van der Waals surface area (Å²) < 4.78 is 4.45. The molecule has 0 aliphatic heterocycles. The van der Waals surface area contributed by atoms with Crippen LogP contribution in [0.25, 0.3) is 77.2 Å². The maximum absolute atomic E-state index is 10.7. The van der Waals surface area contributed by atoms with Gasteiger partial charge in [0, 0.05) is 32.8 Å². The van der Waals surface area contributed by atoms with Crippen LogP contribution in [0.1, 0.15) is 16.7 Å². The fraction of sp³-hybridized carbons (Fsp3) is 0. The van der Waals surface area contributed by atoms with Crippen LogP contribution in [0.2, 0.25) is 0 Å². The van der Waals surface area contributed by atoms with E-state index in [2.05, 4.69) is 94.1 Å². The molecule has 0 saturated heterocycles. The van der Waals surface area contributed by atoms with Gasteiger partial charge in [0.05, 0.1) is 50.5 Å². The molecule has 2 heterocycles. The first-order valence-electron chi connectivity index (χ1n) is 16.3. The lowest BCUT2D eigenvalue weighted by atomic mass is 9.88. The van der Waals surface area contributed by atoms with Gasteiger partial charge in [-0.25, -0.2) is 0 Å². The molecule has 0 saturated carbocycles. The van der Waals surface area contributed by atoms with Gasteiger partial charge in [-0.2, -0.15) is 15.8 Å². The molecule has 0 aliphatic carbocycles. The zero-order valence-corrected chi connectivity index (χ0v) is 26.7. The maximum Gasteiger partial charge on any atom is 0.101 e. The lowest BCUT2D eigenvalue weighted by Crippen LogP contribution is -2.02. The van der Waals surface area contributed by atoms with Crippen molar-refractivity contribution in [2.24, 2.45) is 0 Å². The van der Waals surface area contributed by atoms with E-state index < -0.39 is 0 Å². The molecule has 5 nitrogen and oxygen atoms in total. The third kappa shape index (κ3) is 4.24. The van der Waals surface area contributed by atoms with E-state index in [-0.39, 0.29) is 0 Å². The van der Waals surface area contributed by atoms with Crippen molar-refractivity contribution in [1.29, 1.82) is 15.8 Å². The van der Waals surface area contributed by atoms with Crippen molar-refractivity contribution >= 4 is 43.6 Å². The Morgan fingerprint density at radius 2 is 1.02 bits per heavy atom. The van der Waals surface area contributed by atoms with Gasteiger partial charge < -0.3 is 9.13 Å². The van der Waals surface area contributed by atoms with Gasteiger partial charge in [-0.05, 0) is 77.4 Å². The highest BCUT2D eigenvalue weighted by molar-refractivity contribution is 6.11. The van der Waals surface area contributed by atoms with E-state index in [9.17, 15) is 15.8 Å². The van der Waals surface area contributed by atoms with Crippen LogP contribution in [0.15, 0.2) is 152 Å². The minimum Gasteiger partial charge on any atom is -0.309 e. The molecule has 0 spiro atoms. The van der Waals surface area contributed by atoms with Crippen LogP contribution in [0.4, 0.5) is 0 Å². The van der Waals surface area contributed by atoms with Crippen molar-refractivity contribution in [2.75, 3.05) is 0 Å². The topological polar surface area (TPSA) is 81.2 Å². The van der Waals surface area contributed by atoms with E-state index >= 15 is 0 Å². The molecule has 2 aromatic heterocycles. The summed E-state index contributed by atoms with van der Waals surface area (Å²) in [7, 11) is 0. The number of para-hydroxylation sites is 3. The fourth-order valence-corrected chi connectivity index (χ4v) is 7.53. The van der Waals surface area contributed by atoms with Crippen LogP contribution in [0.3, 0.4) is 0 Å². The van der Waals surface area contributed by atoms with Gasteiger partial charge in [-0.1, -0.05) is 91.0 Å². The number of fused-ring (bicyclic) bond motifs is 6. The average Bonchev–Trinajstić information content (AvgIpc) is 3.70. The summed E-state index contributed by atoms with van der Waals surface area (Å²) in [5, 5.41) is 34.8. The summed E-state index contributed by atoms with van der Waals surface area (Å²) in [5.41, 5.74) is 10.7. The zero-order valence-electron chi connectivity index (χ0n) is 26.7. The average molecular weight is 636 g/mol. The van der Waals surface area contributed by atoms with Crippen molar-refractivity contribution in [1.82, 2.24) is 9.13 Å². The molecule has 0 unspecified atom stereocenters. The molecule has 0 bridgehead atoms. The van der Waals surface area contributed by atoms with Crippen LogP contribution in [0.5, 0.6) is 0 Å². The molecule has 0 aliphatic rings. The number of nitriles is 3. The second-order valence-electron chi connectivity index (χ2n) is 12.3. The van der Waals surface area contributed by atoms with Crippen LogP contribution in [-0.4, -0.2) is 9.13 Å². The minimum absolute atomic E-state index is 0.331. The van der Waals surface area contributed by atoms with Crippen molar-refractivity contribution in [3.63, 3.8) is 0 Å². The number of hydrogen-bond donors (Lipinski definition) is 0. The Kier molecular flexibility index (Phi) is 6.56. The standard InChI is InChI=1S/C45H25N5/c46-26-29-20-22-43-38(24-29)36-15-5-6-17-40(36)49(43)32-11-9-10-30(25-32)33-12-1-2-16-37(33)45-39(28-48)31(27-47)21-23-44(45)50-41-18-7-3-13-34(41)35-14-4-8-19-42(35)50/h1-25H. The Morgan fingerprint density at radius 1 is 0.420 bits per heavy atom. The lowest BCUT2D eigenvalue weighted by molar-refractivity contribution is 1.17. The van der Waals surface area contributed by atoms with E-state index in [1.54, 1.807) is 6.07 Å². The van der Waals surface area contributed by atoms with Crippen LogP contribution < -0.4 is 0 Å². The van der Waals surface area contributed by atoms with E-state index in [0.29, 0.717) is 22.3 Å². The van der Waals surface area contributed by atoms with E-state index in [4.69, 9.17) is 0 Å². The Labute approximate surface area is 287 Å². The largest absolute Gasteiger partial charge is 0.309 e. The van der Waals surface area contributed by atoms with Crippen molar-refractivity contribution in [2.45, 2.75) is 0 Å². The number of aromatic nitrogens is 2. The second kappa shape index (κ2) is 11.4. The fourth-order valence-electron chi connectivity index (χ4n) is 7.53. The number of hydrogen-bond acceptors (Lipinski definition) is 3. The van der Waals surface area contributed by atoms with Crippen LogP contribution in [-0.2, 0) is 0 Å². The first-order valence-corrected chi connectivity index (χ1v) is 16.3. The van der Waals surface area contributed by atoms with Gasteiger partial charge in [-0.15, -0.1) is 0 Å². The lowest BCUT2D eigenvalue weighted by Gasteiger charge is -2.19. The maximum atomic E-state index is 10.7. The first-order chi connectivity index (χ1) is 24.7. The molecule has 0 radical (unpaired) electrons. The predicted molar refractivity (Wildman–Crippen MR) is 200 cm³/mol. The molecule has 0 fully saturated rings. The highest BCUT2D eigenvalue weighted by Crippen LogP contribution is 2.43. The Bertz CT molecular complexity index is 2920. The molecular formula is C45H25N5. The Hall–Kier alpha value is -7.39. The first kappa shape index (κ1) is 28.8. The minimum atomic E-state index is 0.331. The molecule has 9 aromatic rings. The van der Waals surface area contributed by atoms with E-state index in [1.807, 2.05) is 78.9 Å². The molecule has 0 N–H and O–H groups in total. The number of benzene rings is 7. The highest BCUT2D eigenvalue weighted by atomic mass is 15.0. The Morgan fingerprint density at radius 3 is 1.68 bits per heavy atom. The summed E-state index contributed by atoms with van der Waals surface area (Å²) in [5.74, 6) is 0. The summed E-state index contributed by atoms with van der Waals surface area (Å²) in [6, 6.07) is 57.9. The summed E-state index contributed by atoms with van der Waals surface area (Å²) in [6.07, 6.45) is 0. The third-order valence-corrected chi connectivity index (χ3v) is 9.65. The highest BCUT2D eigenvalue weighted by Gasteiger charge is 2.23. The van der Waals surface area contributed by atoms with Crippen LogP contribution >= 0.6 is 0 Å². The normalized spacial score (nSPS) is 11.1. The molecule has 50 heavy (non-hydrogen) atoms. The van der Waals surface area contributed by atoms with Gasteiger partial charge >= 0.3 is 0 Å². The molecule has 7 aromatic carbocycles. The Balaban J connectivity index is 1.32. The quantitative estimate of drug-likeness (QED) is 0.193. The van der Waals surface area contributed by atoms with Crippen molar-refractivity contribution in [3.8, 4) is 51.8 Å². The smallest absolute Gasteiger partial charge is 0.101 e. The van der Waals surface area contributed by atoms with E-state index in [0.717, 1.165) is 71.7 Å². The van der Waals surface area contributed by atoms with E-state index in [1.165, 1.54) is 0 Å². The molecular weight excluding hydrogens is 611 g/mol. The summed E-state index contributed by atoms with van der Waals surface area (Å²) >= 11 is 0. The summed E-state index contributed by atoms with van der Waals surface area (Å²) in [6.45, 7) is 0. The zero-order chi connectivity index (χ0) is 33.8. The number of rotatable bonds is 4. The van der Waals surface area contributed by atoms with Crippen molar-refractivity contribution < 1.29 is 0 Å². The predicted octanol–water partition coefficient (Wildman–Crippen LogP) is 10.8. The molecule has 230 valence electrons. The van der Waals surface area contributed by atoms with Gasteiger partial charge in [-0.3, -0.25) is 0 Å². The monoisotopic (exact) mass is 635 g/mol. The summed E-state index contributed by atoms with van der Waals surface area (Å²) in [4.78, 5) is 0.